The quantitative estimate of drug-likeness (QED) is 0.615. The second-order valence-corrected chi connectivity index (χ2v) is 7.87. The first kappa shape index (κ1) is 20.3. The lowest BCUT2D eigenvalue weighted by Gasteiger charge is -2.33. The summed E-state index contributed by atoms with van der Waals surface area (Å²) in [6.07, 6.45) is 1.44. The molecule has 1 aromatic carbocycles. The van der Waals surface area contributed by atoms with Crippen LogP contribution in [0.4, 0.5) is 13.2 Å². The van der Waals surface area contributed by atoms with Crippen molar-refractivity contribution in [1.29, 1.82) is 0 Å². The van der Waals surface area contributed by atoms with Crippen LogP contribution in [0.1, 0.15) is 28.9 Å². The van der Waals surface area contributed by atoms with Gasteiger partial charge in [0.15, 0.2) is 11.5 Å². The first-order valence-corrected chi connectivity index (χ1v) is 10.1. The summed E-state index contributed by atoms with van der Waals surface area (Å²) in [4.78, 5) is 30.9. The fourth-order valence-corrected chi connectivity index (χ4v) is 4.46. The van der Waals surface area contributed by atoms with Gasteiger partial charge >= 0.3 is 6.18 Å². The van der Waals surface area contributed by atoms with Crippen molar-refractivity contribution in [2.24, 2.45) is 5.92 Å². The number of halogens is 3. The van der Waals surface area contributed by atoms with Crippen LogP contribution in [-0.4, -0.2) is 49.4 Å². The standard InChI is InChI=1S/C22H18F3N5O2/c23-22(24,25)18-10-29-19(11-28-18)32-17-9-13-8-16(17)30(12-13)21(31)15-5-2-1-4-14(15)20-26-6-3-7-27-20/h1-7,10-11,13,16-17H,8-9,12H2/t13-,16+,17-/m1/s1. The number of fused-ring (bicyclic) bond motifs is 2. The van der Waals surface area contributed by atoms with Crippen molar-refractivity contribution in [3.8, 4) is 17.3 Å². The van der Waals surface area contributed by atoms with Gasteiger partial charge in [-0.15, -0.1) is 0 Å². The van der Waals surface area contributed by atoms with E-state index in [-0.39, 0.29) is 29.9 Å². The summed E-state index contributed by atoms with van der Waals surface area (Å²) in [5.74, 6) is 0.596. The number of hydrogen-bond acceptors (Lipinski definition) is 6. The monoisotopic (exact) mass is 441 g/mol. The lowest BCUT2D eigenvalue weighted by atomic mass is 10.0. The van der Waals surface area contributed by atoms with E-state index in [1.165, 1.54) is 0 Å². The highest BCUT2D eigenvalue weighted by Gasteiger charge is 2.48. The maximum atomic E-state index is 13.4. The number of aromatic nitrogens is 4. The van der Waals surface area contributed by atoms with E-state index in [0.29, 0.717) is 36.1 Å². The Morgan fingerprint density at radius 3 is 2.47 bits per heavy atom. The first-order valence-electron chi connectivity index (χ1n) is 10.1. The van der Waals surface area contributed by atoms with Gasteiger partial charge in [0.05, 0.1) is 24.0 Å². The van der Waals surface area contributed by atoms with Crippen molar-refractivity contribution >= 4 is 5.91 Å². The van der Waals surface area contributed by atoms with Crippen molar-refractivity contribution in [3.63, 3.8) is 0 Å². The van der Waals surface area contributed by atoms with E-state index in [4.69, 9.17) is 4.74 Å². The zero-order valence-corrected chi connectivity index (χ0v) is 16.7. The number of alkyl halides is 3. The highest BCUT2D eigenvalue weighted by molar-refractivity contribution is 6.00. The van der Waals surface area contributed by atoms with Gasteiger partial charge in [0.1, 0.15) is 6.10 Å². The van der Waals surface area contributed by atoms with Gasteiger partial charge in [0, 0.05) is 24.5 Å². The average Bonchev–Trinajstić information content (AvgIpc) is 3.40. The average molecular weight is 441 g/mol. The minimum atomic E-state index is -4.56. The van der Waals surface area contributed by atoms with E-state index in [9.17, 15) is 18.0 Å². The lowest BCUT2D eigenvalue weighted by molar-refractivity contribution is -0.141. The van der Waals surface area contributed by atoms with Crippen LogP contribution in [0.3, 0.4) is 0 Å². The molecule has 0 radical (unpaired) electrons. The van der Waals surface area contributed by atoms with Crippen molar-refractivity contribution < 1.29 is 22.7 Å². The minimum Gasteiger partial charge on any atom is -0.471 e. The highest BCUT2D eigenvalue weighted by Crippen LogP contribution is 2.41. The molecule has 3 heterocycles. The molecule has 1 aliphatic carbocycles. The van der Waals surface area contributed by atoms with Crippen LogP contribution in [0.25, 0.3) is 11.4 Å². The Balaban J connectivity index is 1.35. The fraction of sp³-hybridized carbons (Fsp3) is 0.318. The van der Waals surface area contributed by atoms with E-state index >= 15 is 0 Å². The summed E-state index contributed by atoms with van der Waals surface area (Å²) in [6.45, 7) is 0.603. The Morgan fingerprint density at radius 2 is 1.78 bits per heavy atom. The van der Waals surface area contributed by atoms with E-state index in [2.05, 4.69) is 19.9 Å². The molecule has 2 fully saturated rings. The molecule has 10 heteroatoms. The molecule has 1 saturated carbocycles. The van der Waals surface area contributed by atoms with Gasteiger partial charge < -0.3 is 9.64 Å². The van der Waals surface area contributed by atoms with Gasteiger partial charge in [-0.05, 0) is 30.9 Å². The van der Waals surface area contributed by atoms with Crippen LogP contribution >= 0.6 is 0 Å². The number of rotatable bonds is 4. The zero-order chi connectivity index (χ0) is 22.3. The first-order chi connectivity index (χ1) is 15.4. The van der Waals surface area contributed by atoms with E-state index in [1.54, 1.807) is 35.5 Å². The number of likely N-dealkylation sites (tertiary alicyclic amines) is 1. The summed E-state index contributed by atoms with van der Waals surface area (Å²) in [6, 6.07) is 8.69. The van der Waals surface area contributed by atoms with Gasteiger partial charge in [-0.25, -0.2) is 19.9 Å². The molecule has 32 heavy (non-hydrogen) atoms. The largest absolute Gasteiger partial charge is 0.471 e. The number of amides is 1. The van der Waals surface area contributed by atoms with E-state index in [1.807, 2.05) is 12.1 Å². The van der Waals surface area contributed by atoms with Crippen molar-refractivity contribution in [2.45, 2.75) is 31.2 Å². The normalized spacial score (nSPS) is 22.2. The minimum absolute atomic E-state index is 0.0148. The molecular weight excluding hydrogens is 423 g/mol. The maximum absolute atomic E-state index is 13.4. The molecule has 2 aliphatic rings. The highest BCUT2D eigenvalue weighted by atomic mass is 19.4. The third-order valence-corrected chi connectivity index (χ3v) is 5.84. The summed E-state index contributed by atoms with van der Waals surface area (Å²) < 4.78 is 44.0. The Kier molecular flexibility index (Phi) is 4.99. The molecular formula is C22H18F3N5O2. The molecule has 5 rings (SSSR count). The fourth-order valence-electron chi connectivity index (χ4n) is 4.46. The number of hydrogen-bond donors (Lipinski definition) is 0. The molecule has 3 aromatic rings. The molecule has 1 amide bonds. The Bertz CT molecular complexity index is 1120. The molecule has 3 atom stereocenters. The molecule has 164 valence electrons. The van der Waals surface area contributed by atoms with Crippen molar-refractivity contribution in [1.82, 2.24) is 24.8 Å². The lowest BCUT2D eigenvalue weighted by Crippen LogP contribution is -2.47. The van der Waals surface area contributed by atoms with Gasteiger partial charge in [0.2, 0.25) is 5.88 Å². The number of carbonyl (C=O) groups is 1. The smallest absolute Gasteiger partial charge is 0.434 e. The summed E-state index contributed by atoms with van der Waals surface area (Å²) >= 11 is 0. The van der Waals surface area contributed by atoms with Crippen LogP contribution in [0.2, 0.25) is 0 Å². The maximum Gasteiger partial charge on any atom is 0.434 e. The number of nitrogens with zero attached hydrogens (tertiary/aromatic N) is 5. The Morgan fingerprint density at radius 1 is 1.00 bits per heavy atom. The number of ether oxygens (including phenoxy) is 1. The predicted molar refractivity (Wildman–Crippen MR) is 106 cm³/mol. The molecule has 2 aromatic heterocycles. The van der Waals surface area contributed by atoms with E-state index < -0.39 is 11.9 Å². The van der Waals surface area contributed by atoms with Crippen molar-refractivity contribution in [3.05, 3.63) is 66.4 Å². The van der Waals surface area contributed by atoms with Crippen LogP contribution in [0, 0.1) is 5.92 Å². The number of carbonyl (C=O) groups excluding carboxylic acids is 1. The Hall–Kier alpha value is -3.56. The van der Waals surface area contributed by atoms with Crippen LogP contribution in [0.15, 0.2) is 55.1 Å². The second kappa shape index (κ2) is 7.85. The van der Waals surface area contributed by atoms with Gasteiger partial charge in [0.25, 0.3) is 5.91 Å². The zero-order valence-electron chi connectivity index (χ0n) is 16.7. The topological polar surface area (TPSA) is 81.1 Å². The molecule has 1 saturated heterocycles. The molecule has 0 N–H and O–H groups in total. The molecule has 0 spiro atoms. The predicted octanol–water partition coefficient (Wildman–Crippen LogP) is 3.63. The van der Waals surface area contributed by atoms with Gasteiger partial charge in [-0.3, -0.25) is 4.79 Å². The van der Waals surface area contributed by atoms with Crippen LogP contribution in [0.5, 0.6) is 5.88 Å². The molecule has 2 bridgehead atoms. The third-order valence-electron chi connectivity index (χ3n) is 5.84. The summed E-state index contributed by atoms with van der Waals surface area (Å²) in [5.41, 5.74) is 0.0700. The second-order valence-electron chi connectivity index (χ2n) is 7.87. The number of piperidine rings is 1. The SMILES string of the molecule is O=C(c1ccccc1-c1ncccn1)N1C[C@H]2C[C@@H](Oc3cnc(C(F)(F)F)cn3)[C@@H]1C2. The van der Waals surface area contributed by atoms with Crippen LogP contribution in [-0.2, 0) is 6.18 Å². The summed E-state index contributed by atoms with van der Waals surface area (Å²) in [7, 11) is 0. The summed E-state index contributed by atoms with van der Waals surface area (Å²) in [5, 5.41) is 0. The molecule has 0 unspecified atom stereocenters. The molecule has 7 nitrogen and oxygen atoms in total. The number of benzene rings is 1. The van der Waals surface area contributed by atoms with Crippen molar-refractivity contribution in [2.75, 3.05) is 6.54 Å². The third kappa shape index (κ3) is 3.76. The Labute approximate surface area is 181 Å². The molecule has 1 aliphatic heterocycles. The van der Waals surface area contributed by atoms with Gasteiger partial charge in [-0.2, -0.15) is 13.2 Å². The van der Waals surface area contributed by atoms with Crippen LogP contribution < -0.4 is 4.74 Å². The van der Waals surface area contributed by atoms with Gasteiger partial charge in [-0.1, -0.05) is 18.2 Å². The van der Waals surface area contributed by atoms with E-state index in [0.717, 1.165) is 12.6 Å².